The number of carbonyl (C=O) groups excluding carboxylic acids is 2. The average molecular weight is 472 g/mol. The number of nitro groups is 1. The van der Waals surface area contributed by atoms with Crippen LogP contribution in [0.25, 0.3) is 0 Å². The van der Waals surface area contributed by atoms with E-state index in [0.717, 1.165) is 5.56 Å². The third-order valence-electron chi connectivity index (χ3n) is 5.71. The highest BCUT2D eigenvalue weighted by Gasteiger charge is 2.29. The van der Waals surface area contributed by atoms with Crippen LogP contribution in [0.15, 0.2) is 36.5 Å². The van der Waals surface area contributed by atoms with E-state index in [1.54, 1.807) is 32.4 Å². The molecule has 1 aromatic heterocycles. The van der Waals surface area contributed by atoms with Gasteiger partial charge in [-0.3, -0.25) is 19.7 Å². The Morgan fingerprint density at radius 2 is 1.97 bits per heavy atom. The van der Waals surface area contributed by atoms with E-state index in [2.05, 4.69) is 15.6 Å². The third kappa shape index (κ3) is 6.12. The second-order valence-electron chi connectivity index (χ2n) is 8.01. The number of aromatic nitrogens is 1. The molecule has 1 aliphatic rings. The molecule has 34 heavy (non-hydrogen) atoms. The summed E-state index contributed by atoms with van der Waals surface area (Å²) in [5.41, 5.74) is 0.691. The standard InChI is InChI=1S/C23H29N5O6/c1-15(29)25-19(14-16-13-18(33-2)6-7-21(16)34-3)23(30)26-17-8-11-27(12-9-17)22-20(28(31)32)5-4-10-24-22/h4-7,10,13,17,19H,8-9,11-12,14H2,1-3H3,(H,25,29)(H,26,30)/t19-/m0/s1. The van der Waals surface area contributed by atoms with E-state index >= 15 is 0 Å². The van der Waals surface area contributed by atoms with Gasteiger partial charge in [0.1, 0.15) is 17.5 Å². The lowest BCUT2D eigenvalue weighted by atomic mass is 10.0. The molecule has 1 aromatic carbocycles. The zero-order valence-electron chi connectivity index (χ0n) is 19.4. The number of anilines is 1. The first-order valence-corrected chi connectivity index (χ1v) is 10.9. The topological polar surface area (TPSA) is 136 Å². The summed E-state index contributed by atoms with van der Waals surface area (Å²) in [5, 5.41) is 17.0. The molecule has 1 atom stereocenters. The van der Waals surface area contributed by atoms with Gasteiger partial charge < -0.3 is 25.0 Å². The highest BCUT2D eigenvalue weighted by atomic mass is 16.6. The van der Waals surface area contributed by atoms with Crippen molar-refractivity contribution in [2.24, 2.45) is 0 Å². The molecule has 11 nitrogen and oxygen atoms in total. The zero-order chi connectivity index (χ0) is 24.7. The summed E-state index contributed by atoms with van der Waals surface area (Å²) in [6.45, 7) is 2.38. The first-order valence-electron chi connectivity index (χ1n) is 10.9. The highest BCUT2D eigenvalue weighted by Crippen LogP contribution is 2.28. The molecule has 0 saturated carbocycles. The van der Waals surface area contributed by atoms with Gasteiger partial charge in [0.25, 0.3) is 0 Å². The quantitative estimate of drug-likeness (QED) is 0.418. The zero-order valence-corrected chi connectivity index (χ0v) is 19.4. The van der Waals surface area contributed by atoms with Gasteiger partial charge in [0.2, 0.25) is 17.6 Å². The Bertz CT molecular complexity index is 1040. The van der Waals surface area contributed by atoms with Crippen molar-refractivity contribution in [3.63, 3.8) is 0 Å². The number of methoxy groups -OCH3 is 2. The lowest BCUT2D eigenvalue weighted by Gasteiger charge is -2.33. The molecule has 1 saturated heterocycles. The second-order valence-corrected chi connectivity index (χ2v) is 8.01. The van der Waals surface area contributed by atoms with Gasteiger partial charge in [-0.2, -0.15) is 0 Å². The summed E-state index contributed by atoms with van der Waals surface area (Å²) in [6, 6.07) is 7.33. The van der Waals surface area contributed by atoms with Gasteiger partial charge in [0, 0.05) is 50.3 Å². The average Bonchev–Trinajstić information content (AvgIpc) is 2.83. The van der Waals surface area contributed by atoms with Crippen LogP contribution in [0, 0.1) is 10.1 Å². The van der Waals surface area contributed by atoms with Crippen molar-refractivity contribution < 1.29 is 24.0 Å². The molecular weight excluding hydrogens is 442 g/mol. The molecule has 2 amide bonds. The van der Waals surface area contributed by atoms with Gasteiger partial charge >= 0.3 is 5.69 Å². The highest BCUT2D eigenvalue weighted by molar-refractivity contribution is 5.87. The van der Waals surface area contributed by atoms with Gasteiger partial charge in [-0.1, -0.05) is 0 Å². The molecule has 0 radical (unpaired) electrons. The summed E-state index contributed by atoms with van der Waals surface area (Å²) >= 11 is 0. The summed E-state index contributed by atoms with van der Waals surface area (Å²) < 4.78 is 10.7. The van der Waals surface area contributed by atoms with Crippen LogP contribution in [-0.2, 0) is 16.0 Å². The van der Waals surface area contributed by atoms with Crippen molar-refractivity contribution >= 4 is 23.3 Å². The Morgan fingerprint density at radius 1 is 1.24 bits per heavy atom. The maximum Gasteiger partial charge on any atom is 0.311 e. The van der Waals surface area contributed by atoms with Crippen LogP contribution >= 0.6 is 0 Å². The molecule has 2 N–H and O–H groups in total. The van der Waals surface area contributed by atoms with E-state index in [-0.39, 0.29) is 30.0 Å². The predicted molar refractivity (Wildman–Crippen MR) is 125 cm³/mol. The fraction of sp³-hybridized carbons (Fsp3) is 0.435. The van der Waals surface area contributed by atoms with E-state index in [9.17, 15) is 19.7 Å². The Morgan fingerprint density at radius 3 is 2.59 bits per heavy atom. The third-order valence-corrected chi connectivity index (χ3v) is 5.71. The van der Waals surface area contributed by atoms with Gasteiger partial charge in [0.05, 0.1) is 19.1 Å². The van der Waals surface area contributed by atoms with Gasteiger partial charge in [-0.15, -0.1) is 0 Å². The van der Waals surface area contributed by atoms with Gasteiger partial charge in [-0.05, 0) is 37.1 Å². The van der Waals surface area contributed by atoms with E-state index < -0.39 is 11.0 Å². The van der Waals surface area contributed by atoms with Crippen LogP contribution in [0.3, 0.4) is 0 Å². The maximum atomic E-state index is 13.1. The molecule has 0 spiro atoms. The van der Waals surface area contributed by atoms with E-state index in [4.69, 9.17) is 9.47 Å². The summed E-state index contributed by atoms with van der Waals surface area (Å²) in [6.07, 6.45) is 2.94. The second kappa shape index (κ2) is 11.3. The van der Waals surface area contributed by atoms with Crippen molar-refractivity contribution in [1.82, 2.24) is 15.6 Å². The minimum absolute atomic E-state index is 0.0389. The summed E-state index contributed by atoms with van der Waals surface area (Å²) in [5.74, 6) is 0.920. The Labute approximate surface area is 197 Å². The largest absolute Gasteiger partial charge is 0.497 e. The van der Waals surface area contributed by atoms with Crippen LogP contribution in [-0.4, -0.2) is 61.1 Å². The number of piperidine rings is 1. The SMILES string of the molecule is COc1ccc(OC)c(C[C@H](NC(C)=O)C(=O)NC2CCN(c3ncccc3[N+](=O)[O-])CC2)c1. The number of hydrogen-bond donors (Lipinski definition) is 2. The van der Waals surface area contributed by atoms with Crippen LogP contribution in [0.2, 0.25) is 0 Å². The van der Waals surface area contributed by atoms with E-state index in [0.29, 0.717) is 43.2 Å². The monoisotopic (exact) mass is 471 g/mol. The van der Waals surface area contributed by atoms with Crippen molar-refractivity contribution in [2.45, 2.75) is 38.3 Å². The Hall–Kier alpha value is -3.89. The lowest BCUT2D eigenvalue weighted by molar-refractivity contribution is -0.384. The van der Waals surface area contributed by atoms with E-state index in [1.807, 2.05) is 4.90 Å². The smallest absolute Gasteiger partial charge is 0.311 e. The molecule has 0 aliphatic carbocycles. The van der Waals surface area contributed by atoms with E-state index in [1.165, 1.54) is 25.3 Å². The fourth-order valence-corrected chi connectivity index (χ4v) is 4.03. The van der Waals surface area contributed by atoms with Crippen molar-refractivity contribution in [2.75, 3.05) is 32.2 Å². The Balaban J connectivity index is 1.66. The molecule has 3 rings (SSSR count). The van der Waals surface area contributed by atoms with Crippen molar-refractivity contribution in [3.05, 3.63) is 52.2 Å². The molecule has 0 bridgehead atoms. The molecular formula is C23H29N5O6. The molecule has 0 unspecified atom stereocenters. The Kier molecular flexibility index (Phi) is 8.23. The minimum atomic E-state index is -0.798. The number of nitrogens with zero attached hydrogens (tertiary/aromatic N) is 3. The maximum absolute atomic E-state index is 13.1. The predicted octanol–water partition coefficient (Wildman–Crippen LogP) is 1.84. The molecule has 1 aliphatic heterocycles. The van der Waals surface area contributed by atoms with Crippen LogP contribution in [0.1, 0.15) is 25.3 Å². The minimum Gasteiger partial charge on any atom is -0.497 e. The number of rotatable bonds is 9. The molecule has 1 fully saturated rings. The van der Waals surface area contributed by atoms with Crippen molar-refractivity contribution in [1.29, 1.82) is 0 Å². The molecule has 2 heterocycles. The number of benzene rings is 1. The van der Waals surface area contributed by atoms with Crippen LogP contribution in [0.5, 0.6) is 11.5 Å². The summed E-state index contributed by atoms with van der Waals surface area (Å²) in [4.78, 5) is 41.8. The first kappa shape index (κ1) is 24.7. The number of amides is 2. The van der Waals surface area contributed by atoms with Crippen LogP contribution in [0.4, 0.5) is 11.5 Å². The number of hydrogen-bond acceptors (Lipinski definition) is 8. The number of nitrogens with one attached hydrogen (secondary N) is 2. The molecule has 2 aromatic rings. The molecule has 182 valence electrons. The number of carbonyl (C=O) groups is 2. The van der Waals surface area contributed by atoms with Gasteiger partial charge in [0.15, 0.2) is 0 Å². The number of ether oxygens (including phenoxy) is 2. The van der Waals surface area contributed by atoms with Crippen molar-refractivity contribution in [3.8, 4) is 11.5 Å². The van der Waals surface area contributed by atoms with Crippen LogP contribution < -0.4 is 25.0 Å². The fourth-order valence-electron chi connectivity index (χ4n) is 4.03. The van der Waals surface area contributed by atoms with Gasteiger partial charge in [-0.25, -0.2) is 4.98 Å². The number of pyridine rings is 1. The molecule has 11 heteroatoms. The first-order chi connectivity index (χ1) is 16.3. The lowest BCUT2D eigenvalue weighted by Crippen LogP contribution is -2.52. The summed E-state index contributed by atoms with van der Waals surface area (Å²) in [7, 11) is 3.09. The normalized spacial score (nSPS) is 14.7.